The lowest BCUT2D eigenvalue weighted by Gasteiger charge is -2.19. The molecule has 0 heterocycles. The van der Waals surface area contributed by atoms with Crippen LogP contribution < -0.4 is 0 Å². The minimum atomic E-state index is -0.342. The van der Waals surface area contributed by atoms with E-state index < -0.39 is 0 Å². The fraction of sp³-hybridized carbons (Fsp3) is 0.818. The van der Waals surface area contributed by atoms with E-state index in [0.29, 0.717) is 32.5 Å². The molecule has 0 aromatic carbocycles. The van der Waals surface area contributed by atoms with Crippen LogP contribution >= 0.6 is 0 Å². The highest BCUT2D eigenvalue weighted by Crippen LogP contribution is 2.01. The van der Waals surface area contributed by atoms with Crippen molar-refractivity contribution >= 4 is 12.1 Å². The summed E-state index contributed by atoms with van der Waals surface area (Å²) in [5.74, 6) is -0.219. The summed E-state index contributed by atoms with van der Waals surface area (Å²) >= 11 is 0. The predicted molar refractivity (Wildman–Crippen MR) is 60.1 cm³/mol. The molecule has 0 unspecified atom stereocenters. The largest absolute Gasteiger partial charge is 0.466 e. The van der Waals surface area contributed by atoms with Crippen molar-refractivity contribution in [2.75, 3.05) is 26.8 Å². The molecule has 0 atom stereocenters. The van der Waals surface area contributed by atoms with Gasteiger partial charge in [0.05, 0.1) is 13.7 Å². The summed E-state index contributed by atoms with van der Waals surface area (Å²) in [6.07, 6.45) is 1.47. The molecule has 0 saturated heterocycles. The average Bonchev–Trinajstić information content (AvgIpc) is 2.27. The van der Waals surface area contributed by atoms with Crippen LogP contribution in [-0.2, 0) is 14.3 Å². The highest BCUT2D eigenvalue weighted by molar-refractivity contribution is 5.69. The topological polar surface area (TPSA) is 55.8 Å². The molecule has 0 spiro atoms. The Morgan fingerprint density at radius 2 is 1.88 bits per heavy atom. The molecule has 0 rings (SSSR count). The molecule has 1 amide bonds. The number of hydrogen-bond donors (Lipinski definition) is 0. The van der Waals surface area contributed by atoms with Gasteiger partial charge in [-0.1, -0.05) is 6.92 Å². The Hall–Kier alpha value is -1.26. The first-order valence-electron chi connectivity index (χ1n) is 5.64. The van der Waals surface area contributed by atoms with E-state index in [2.05, 4.69) is 4.74 Å². The summed E-state index contributed by atoms with van der Waals surface area (Å²) in [5.41, 5.74) is 0. The number of amides is 1. The van der Waals surface area contributed by atoms with Gasteiger partial charge in [0.25, 0.3) is 0 Å². The Kier molecular flexibility index (Phi) is 8.29. The molecule has 0 saturated carbocycles. The molecule has 0 radical (unpaired) electrons. The van der Waals surface area contributed by atoms with Crippen LogP contribution in [-0.4, -0.2) is 43.8 Å². The summed E-state index contributed by atoms with van der Waals surface area (Å²) in [4.78, 5) is 24.0. The lowest BCUT2D eigenvalue weighted by molar-refractivity contribution is -0.143. The number of nitrogens with zero attached hydrogens (tertiary/aromatic N) is 1. The average molecular weight is 231 g/mol. The van der Waals surface area contributed by atoms with E-state index in [1.807, 2.05) is 6.92 Å². The van der Waals surface area contributed by atoms with Crippen LogP contribution in [0.3, 0.4) is 0 Å². The maximum atomic E-state index is 11.3. The fourth-order valence-electron chi connectivity index (χ4n) is 1.34. The number of carbonyl (C=O) groups excluding carboxylic acids is 2. The van der Waals surface area contributed by atoms with Gasteiger partial charge in [-0.15, -0.1) is 0 Å². The van der Waals surface area contributed by atoms with Crippen molar-refractivity contribution in [1.29, 1.82) is 0 Å². The zero-order valence-electron chi connectivity index (χ0n) is 10.3. The molecular weight excluding hydrogens is 210 g/mol. The Labute approximate surface area is 96.7 Å². The SMILES string of the molecule is CCCN(CCCC(=O)OCC)C(=O)OC. The molecule has 0 aromatic rings. The maximum Gasteiger partial charge on any atom is 0.409 e. The molecular formula is C11H21NO4. The molecule has 0 aromatic heterocycles. The Balaban J connectivity index is 3.84. The lowest BCUT2D eigenvalue weighted by atomic mass is 10.3. The van der Waals surface area contributed by atoms with Gasteiger partial charge in [0, 0.05) is 19.5 Å². The lowest BCUT2D eigenvalue weighted by Crippen LogP contribution is -2.32. The number of methoxy groups -OCH3 is 1. The third-order valence-electron chi connectivity index (χ3n) is 2.04. The van der Waals surface area contributed by atoms with Gasteiger partial charge >= 0.3 is 12.1 Å². The van der Waals surface area contributed by atoms with Gasteiger partial charge in [0.2, 0.25) is 0 Å². The van der Waals surface area contributed by atoms with Crippen molar-refractivity contribution in [2.24, 2.45) is 0 Å². The second-order valence-electron chi connectivity index (χ2n) is 3.37. The smallest absolute Gasteiger partial charge is 0.409 e. The van der Waals surface area contributed by atoms with Crippen molar-refractivity contribution in [2.45, 2.75) is 33.1 Å². The van der Waals surface area contributed by atoms with E-state index in [-0.39, 0.29) is 12.1 Å². The Morgan fingerprint density at radius 1 is 1.19 bits per heavy atom. The molecule has 0 aliphatic heterocycles. The second-order valence-corrected chi connectivity index (χ2v) is 3.37. The quantitative estimate of drug-likeness (QED) is 0.627. The number of carbonyl (C=O) groups is 2. The monoisotopic (exact) mass is 231 g/mol. The summed E-state index contributed by atoms with van der Waals surface area (Å²) in [6.45, 7) is 5.33. The van der Waals surface area contributed by atoms with Crippen LogP contribution in [0.5, 0.6) is 0 Å². The van der Waals surface area contributed by atoms with Crippen molar-refractivity contribution < 1.29 is 19.1 Å². The molecule has 0 aliphatic rings. The van der Waals surface area contributed by atoms with Gasteiger partial charge in [0.15, 0.2) is 0 Å². The van der Waals surface area contributed by atoms with Crippen LogP contribution in [0.25, 0.3) is 0 Å². The highest BCUT2D eigenvalue weighted by atomic mass is 16.5. The van der Waals surface area contributed by atoms with Gasteiger partial charge in [0.1, 0.15) is 0 Å². The first-order chi connectivity index (χ1) is 7.65. The third kappa shape index (κ3) is 6.27. The Morgan fingerprint density at radius 3 is 2.38 bits per heavy atom. The number of hydrogen-bond acceptors (Lipinski definition) is 4. The summed E-state index contributed by atoms with van der Waals surface area (Å²) in [6, 6.07) is 0. The van der Waals surface area contributed by atoms with E-state index >= 15 is 0 Å². The van der Waals surface area contributed by atoms with Gasteiger partial charge < -0.3 is 14.4 Å². The molecule has 94 valence electrons. The first-order valence-corrected chi connectivity index (χ1v) is 5.64. The maximum absolute atomic E-state index is 11.3. The minimum Gasteiger partial charge on any atom is -0.466 e. The minimum absolute atomic E-state index is 0.219. The molecule has 5 heteroatoms. The van der Waals surface area contributed by atoms with Crippen LogP contribution in [0, 0.1) is 0 Å². The number of ether oxygens (including phenoxy) is 2. The Bertz CT molecular complexity index is 218. The molecule has 16 heavy (non-hydrogen) atoms. The van der Waals surface area contributed by atoms with Crippen molar-refractivity contribution in [1.82, 2.24) is 4.90 Å². The predicted octanol–water partition coefficient (Wildman–Crippen LogP) is 1.81. The highest BCUT2D eigenvalue weighted by Gasteiger charge is 2.12. The summed E-state index contributed by atoms with van der Waals surface area (Å²) < 4.78 is 9.44. The van der Waals surface area contributed by atoms with Gasteiger partial charge in [-0.3, -0.25) is 4.79 Å². The van der Waals surface area contributed by atoms with Crippen LogP contribution in [0.15, 0.2) is 0 Å². The summed E-state index contributed by atoms with van der Waals surface area (Å²) in [7, 11) is 1.36. The van der Waals surface area contributed by atoms with Crippen molar-refractivity contribution in [3.8, 4) is 0 Å². The van der Waals surface area contributed by atoms with Crippen LogP contribution in [0.1, 0.15) is 33.1 Å². The van der Waals surface area contributed by atoms with Crippen molar-refractivity contribution in [3.63, 3.8) is 0 Å². The molecule has 0 bridgehead atoms. The molecule has 0 fully saturated rings. The number of esters is 1. The normalized spacial score (nSPS) is 9.69. The van der Waals surface area contributed by atoms with Crippen molar-refractivity contribution in [3.05, 3.63) is 0 Å². The van der Waals surface area contributed by atoms with E-state index in [1.165, 1.54) is 7.11 Å². The number of rotatable bonds is 7. The summed E-state index contributed by atoms with van der Waals surface area (Å²) in [5, 5.41) is 0. The zero-order chi connectivity index (χ0) is 12.4. The standard InChI is InChI=1S/C11H21NO4/c1-4-8-12(11(14)15-3)9-6-7-10(13)16-5-2/h4-9H2,1-3H3. The molecule has 5 nitrogen and oxygen atoms in total. The second kappa shape index (κ2) is 9.00. The molecule has 0 N–H and O–H groups in total. The third-order valence-corrected chi connectivity index (χ3v) is 2.04. The molecule has 0 aliphatic carbocycles. The van der Waals surface area contributed by atoms with E-state index in [4.69, 9.17) is 4.74 Å². The van der Waals surface area contributed by atoms with Gasteiger partial charge in [-0.2, -0.15) is 0 Å². The zero-order valence-corrected chi connectivity index (χ0v) is 10.3. The first kappa shape index (κ1) is 14.7. The van der Waals surface area contributed by atoms with E-state index in [1.54, 1.807) is 11.8 Å². The van der Waals surface area contributed by atoms with Gasteiger partial charge in [-0.25, -0.2) is 4.79 Å². The fourth-order valence-corrected chi connectivity index (χ4v) is 1.34. The van der Waals surface area contributed by atoms with E-state index in [0.717, 1.165) is 6.42 Å². The van der Waals surface area contributed by atoms with Crippen LogP contribution in [0.2, 0.25) is 0 Å². The van der Waals surface area contributed by atoms with Crippen LogP contribution in [0.4, 0.5) is 4.79 Å². The van der Waals surface area contributed by atoms with Gasteiger partial charge in [-0.05, 0) is 19.8 Å². The van der Waals surface area contributed by atoms with E-state index in [9.17, 15) is 9.59 Å².